The summed E-state index contributed by atoms with van der Waals surface area (Å²) in [7, 11) is 2.07. The molecule has 2 heteroatoms. The Morgan fingerprint density at radius 2 is 1.67 bits per heavy atom. The van der Waals surface area contributed by atoms with Gasteiger partial charge in [-0.25, -0.2) is 0 Å². The number of nitrogens with zero attached hydrogens (tertiary/aromatic N) is 1. The van der Waals surface area contributed by atoms with Crippen LogP contribution in [0, 0.1) is 11.8 Å². The minimum Gasteiger partial charge on any atom is -0.319 e. The topological polar surface area (TPSA) is 15.3 Å². The van der Waals surface area contributed by atoms with Crippen molar-refractivity contribution < 1.29 is 0 Å². The van der Waals surface area contributed by atoms with Gasteiger partial charge in [-0.2, -0.15) is 0 Å². The SMILES string of the molecule is CNCC(CN1CCCCCC1)C(C)C. The lowest BCUT2D eigenvalue weighted by Gasteiger charge is -2.28. The quantitative estimate of drug-likeness (QED) is 0.752. The van der Waals surface area contributed by atoms with Crippen LogP contribution >= 0.6 is 0 Å². The highest BCUT2D eigenvalue weighted by Gasteiger charge is 2.17. The Labute approximate surface area is 95.4 Å². The molecule has 0 aromatic rings. The highest BCUT2D eigenvalue weighted by Crippen LogP contribution is 2.15. The van der Waals surface area contributed by atoms with Crippen molar-refractivity contribution in [1.29, 1.82) is 0 Å². The zero-order chi connectivity index (χ0) is 11.1. The van der Waals surface area contributed by atoms with Gasteiger partial charge in [0.2, 0.25) is 0 Å². The van der Waals surface area contributed by atoms with Crippen molar-refractivity contribution in [2.45, 2.75) is 39.5 Å². The van der Waals surface area contributed by atoms with Gasteiger partial charge >= 0.3 is 0 Å². The fraction of sp³-hybridized carbons (Fsp3) is 1.00. The molecule has 2 nitrogen and oxygen atoms in total. The van der Waals surface area contributed by atoms with E-state index < -0.39 is 0 Å². The van der Waals surface area contributed by atoms with Crippen LogP contribution in [0.25, 0.3) is 0 Å². The summed E-state index contributed by atoms with van der Waals surface area (Å²) in [6.07, 6.45) is 5.69. The minimum atomic E-state index is 0.792. The summed E-state index contributed by atoms with van der Waals surface area (Å²) in [6.45, 7) is 9.80. The van der Waals surface area contributed by atoms with E-state index >= 15 is 0 Å². The zero-order valence-corrected chi connectivity index (χ0v) is 10.8. The first-order chi connectivity index (χ1) is 7.24. The van der Waals surface area contributed by atoms with Gasteiger partial charge in [0.25, 0.3) is 0 Å². The molecular formula is C13H28N2. The molecule has 0 aromatic heterocycles. The van der Waals surface area contributed by atoms with Crippen LogP contribution in [0.5, 0.6) is 0 Å². The second-order valence-corrected chi connectivity index (χ2v) is 5.28. The molecule has 1 aliphatic rings. The maximum atomic E-state index is 3.33. The molecule has 1 saturated heterocycles. The lowest BCUT2D eigenvalue weighted by atomic mass is 9.95. The van der Waals surface area contributed by atoms with E-state index in [1.54, 1.807) is 0 Å². The van der Waals surface area contributed by atoms with Crippen LogP contribution in [0.1, 0.15) is 39.5 Å². The van der Waals surface area contributed by atoms with Crippen molar-refractivity contribution in [2.24, 2.45) is 11.8 Å². The van der Waals surface area contributed by atoms with Gasteiger partial charge < -0.3 is 10.2 Å². The van der Waals surface area contributed by atoms with Crippen LogP contribution < -0.4 is 5.32 Å². The first-order valence-electron chi connectivity index (χ1n) is 6.61. The van der Waals surface area contributed by atoms with Crippen molar-refractivity contribution in [3.63, 3.8) is 0 Å². The maximum absolute atomic E-state index is 3.33. The van der Waals surface area contributed by atoms with Crippen LogP contribution in [0.2, 0.25) is 0 Å². The van der Waals surface area contributed by atoms with E-state index in [2.05, 4.69) is 31.1 Å². The third kappa shape index (κ3) is 4.98. The van der Waals surface area contributed by atoms with Crippen LogP contribution in [0.4, 0.5) is 0 Å². The van der Waals surface area contributed by atoms with E-state index in [-0.39, 0.29) is 0 Å². The number of hydrogen-bond donors (Lipinski definition) is 1. The molecule has 0 amide bonds. The summed E-state index contributed by atoms with van der Waals surface area (Å²) in [6, 6.07) is 0. The van der Waals surface area contributed by atoms with Gasteiger partial charge in [0.1, 0.15) is 0 Å². The standard InChI is InChI=1S/C13H28N2/c1-12(2)13(10-14-3)11-15-8-6-4-5-7-9-15/h12-14H,4-11H2,1-3H3. The van der Waals surface area contributed by atoms with Gasteiger partial charge in [-0.15, -0.1) is 0 Å². The van der Waals surface area contributed by atoms with E-state index in [0.717, 1.165) is 18.4 Å². The summed E-state index contributed by atoms with van der Waals surface area (Å²) in [5, 5.41) is 3.33. The van der Waals surface area contributed by atoms with Crippen LogP contribution in [-0.2, 0) is 0 Å². The largest absolute Gasteiger partial charge is 0.319 e. The highest BCUT2D eigenvalue weighted by atomic mass is 15.1. The third-order valence-electron chi connectivity index (χ3n) is 3.60. The van der Waals surface area contributed by atoms with Gasteiger partial charge in [-0.05, 0) is 51.4 Å². The summed E-state index contributed by atoms with van der Waals surface area (Å²) in [5.74, 6) is 1.61. The third-order valence-corrected chi connectivity index (χ3v) is 3.60. The van der Waals surface area contributed by atoms with Crippen LogP contribution in [0.3, 0.4) is 0 Å². The van der Waals surface area contributed by atoms with E-state index in [0.29, 0.717) is 0 Å². The lowest BCUT2D eigenvalue weighted by molar-refractivity contribution is 0.205. The Bertz CT molecular complexity index is 149. The van der Waals surface area contributed by atoms with E-state index in [1.165, 1.54) is 45.3 Å². The molecule has 15 heavy (non-hydrogen) atoms. The molecule has 1 N–H and O–H groups in total. The molecule has 0 aromatic carbocycles. The fourth-order valence-corrected chi connectivity index (χ4v) is 2.42. The Kier molecular flexibility index (Phi) is 6.26. The Morgan fingerprint density at radius 1 is 1.07 bits per heavy atom. The van der Waals surface area contributed by atoms with Gasteiger partial charge in [-0.1, -0.05) is 26.7 Å². The van der Waals surface area contributed by atoms with E-state index in [9.17, 15) is 0 Å². The molecule has 90 valence electrons. The van der Waals surface area contributed by atoms with Crippen molar-refractivity contribution in [3.05, 3.63) is 0 Å². The Morgan fingerprint density at radius 3 is 2.13 bits per heavy atom. The second-order valence-electron chi connectivity index (χ2n) is 5.28. The molecule has 1 rings (SSSR count). The average molecular weight is 212 g/mol. The molecule has 0 radical (unpaired) electrons. The molecule has 0 spiro atoms. The molecule has 1 fully saturated rings. The minimum absolute atomic E-state index is 0.792. The van der Waals surface area contributed by atoms with E-state index in [1.807, 2.05) is 0 Å². The molecule has 0 aliphatic carbocycles. The van der Waals surface area contributed by atoms with Gasteiger partial charge in [0.05, 0.1) is 0 Å². The van der Waals surface area contributed by atoms with Gasteiger partial charge in [0.15, 0.2) is 0 Å². The molecule has 1 unspecified atom stereocenters. The van der Waals surface area contributed by atoms with Crippen LogP contribution in [-0.4, -0.2) is 38.1 Å². The molecule has 1 atom stereocenters. The van der Waals surface area contributed by atoms with Crippen molar-refractivity contribution in [2.75, 3.05) is 33.2 Å². The summed E-state index contributed by atoms with van der Waals surface area (Å²) in [4.78, 5) is 2.68. The second kappa shape index (κ2) is 7.24. The summed E-state index contributed by atoms with van der Waals surface area (Å²) in [5.41, 5.74) is 0. The average Bonchev–Trinajstić information content (AvgIpc) is 2.45. The first-order valence-corrected chi connectivity index (χ1v) is 6.61. The summed E-state index contributed by atoms with van der Waals surface area (Å²) < 4.78 is 0. The number of hydrogen-bond acceptors (Lipinski definition) is 2. The molecule has 0 saturated carbocycles. The zero-order valence-electron chi connectivity index (χ0n) is 10.8. The summed E-state index contributed by atoms with van der Waals surface area (Å²) >= 11 is 0. The predicted octanol–water partition coefficient (Wildman–Crippen LogP) is 2.35. The fourth-order valence-electron chi connectivity index (χ4n) is 2.42. The normalized spacial score (nSPS) is 21.6. The van der Waals surface area contributed by atoms with Crippen molar-refractivity contribution in [1.82, 2.24) is 10.2 Å². The predicted molar refractivity (Wildman–Crippen MR) is 67.2 cm³/mol. The molecule has 1 aliphatic heterocycles. The van der Waals surface area contributed by atoms with E-state index in [4.69, 9.17) is 0 Å². The number of rotatable bonds is 5. The number of nitrogens with one attached hydrogen (secondary N) is 1. The smallest absolute Gasteiger partial charge is 0.00242 e. The number of likely N-dealkylation sites (tertiary alicyclic amines) is 1. The monoisotopic (exact) mass is 212 g/mol. The maximum Gasteiger partial charge on any atom is 0.00242 e. The molecule has 0 bridgehead atoms. The molecule has 1 heterocycles. The highest BCUT2D eigenvalue weighted by molar-refractivity contribution is 4.72. The lowest BCUT2D eigenvalue weighted by Crippen LogP contribution is -2.36. The van der Waals surface area contributed by atoms with Crippen LogP contribution in [0.15, 0.2) is 0 Å². The van der Waals surface area contributed by atoms with Gasteiger partial charge in [-0.3, -0.25) is 0 Å². The van der Waals surface area contributed by atoms with Crippen molar-refractivity contribution in [3.8, 4) is 0 Å². The molecular weight excluding hydrogens is 184 g/mol. The van der Waals surface area contributed by atoms with Crippen molar-refractivity contribution >= 4 is 0 Å². The Hall–Kier alpha value is -0.0800. The Balaban J connectivity index is 2.34. The van der Waals surface area contributed by atoms with Gasteiger partial charge in [0, 0.05) is 6.54 Å². The first kappa shape index (κ1) is 13.0.